The molecule has 0 aromatic carbocycles. The molecule has 52 valence electrons. The molecule has 0 aromatic rings. The zero-order valence-corrected chi connectivity index (χ0v) is 4.76. The number of rotatable bonds is 1. The minimum absolute atomic E-state index is 0. The van der Waals surface area contributed by atoms with Gasteiger partial charge in [0.05, 0.1) is 5.92 Å². The molecule has 0 spiro atoms. The van der Waals surface area contributed by atoms with Crippen molar-refractivity contribution in [2.24, 2.45) is 5.92 Å². The molecule has 0 aliphatic carbocycles. The molecule has 1 aliphatic heterocycles. The molecular weight excluding hydrogens is 129 g/mol. The molecule has 1 unspecified atom stereocenters. The Bertz CT molecular complexity index is 159. The van der Waals surface area contributed by atoms with E-state index in [9.17, 15) is 9.59 Å². The van der Waals surface area contributed by atoms with Gasteiger partial charge in [0.25, 0.3) is 0 Å². The molecule has 1 fully saturated rings. The van der Waals surface area contributed by atoms with Gasteiger partial charge >= 0.3 is 24.8 Å². The Kier molecular flexibility index (Phi) is 3.48. The van der Waals surface area contributed by atoms with Gasteiger partial charge in [0.1, 0.15) is 0 Å². The Morgan fingerprint density at radius 2 is 2.30 bits per heavy atom. The molecule has 1 aliphatic rings. The molecule has 1 amide bonds. The van der Waals surface area contributed by atoms with E-state index in [2.05, 4.69) is 5.32 Å². The summed E-state index contributed by atoms with van der Waals surface area (Å²) in [5.74, 6) is -1.56. The summed E-state index contributed by atoms with van der Waals surface area (Å²) in [6, 6.07) is 0. The number of amides is 1. The maximum absolute atomic E-state index is 10.4. The molecule has 1 atom stereocenters. The van der Waals surface area contributed by atoms with E-state index in [0.717, 1.165) is 0 Å². The molecule has 0 saturated carbocycles. The predicted molar refractivity (Wildman–Crippen MR) is 35.9 cm³/mol. The summed E-state index contributed by atoms with van der Waals surface area (Å²) in [6.45, 7) is 0.286. The van der Waals surface area contributed by atoms with Crippen LogP contribution in [0.1, 0.15) is 6.42 Å². The summed E-state index contributed by atoms with van der Waals surface area (Å²) >= 11 is 0. The number of hydrogen-bond donors (Lipinski definition) is 2. The third-order valence-electron chi connectivity index (χ3n) is 1.33. The molecule has 10 heavy (non-hydrogen) atoms. The molecule has 1 saturated heterocycles. The van der Waals surface area contributed by atoms with Crippen molar-refractivity contribution in [1.82, 2.24) is 5.32 Å². The van der Waals surface area contributed by atoms with Gasteiger partial charge in [0, 0.05) is 13.0 Å². The van der Waals surface area contributed by atoms with Crippen LogP contribution < -0.4 is 5.32 Å². The van der Waals surface area contributed by atoms with Crippen LogP contribution >= 0.6 is 0 Å². The van der Waals surface area contributed by atoms with Crippen molar-refractivity contribution in [3.05, 3.63) is 0 Å². The van der Waals surface area contributed by atoms with E-state index in [1.807, 2.05) is 0 Å². The van der Waals surface area contributed by atoms with Crippen LogP contribution in [0.5, 0.6) is 0 Å². The van der Waals surface area contributed by atoms with Gasteiger partial charge in [-0.05, 0) is 0 Å². The first kappa shape index (κ1) is 9.54. The van der Waals surface area contributed by atoms with Gasteiger partial charge in [-0.3, -0.25) is 9.59 Å². The number of aliphatic carboxylic acids is 1. The third kappa shape index (κ3) is 2.05. The van der Waals surface area contributed by atoms with Crippen molar-refractivity contribution in [3.63, 3.8) is 0 Å². The van der Waals surface area contributed by atoms with Gasteiger partial charge in [-0.25, -0.2) is 0 Å². The third-order valence-corrected chi connectivity index (χ3v) is 1.33. The Morgan fingerprint density at radius 3 is 2.50 bits per heavy atom. The van der Waals surface area contributed by atoms with Crippen molar-refractivity contribution in [1.29, 1.82) is 0 Å². The van der Waals surface area contributed by atoms with Crippen molar-refractivity contribution >= 4 is 30.7 Å². The first-order valence-corrected chi connectivity index (χ1v) is 2.69. The average Bonchev–Trinajstić information content (AvgIpc) is 2.14. The molecule has 0 bridgehead atoms. The summed E-state index contributed by atoms with van der Waals surface area (Å²) in [5, 5.41) is 10.8. The molecule has 2 N–H and O–H groups in total. The normalized spacial score (nSPS) is 23.2. The second kappa shape index (κ2) is 3.64. The Morgan fingerprint density at radius 1 is 1.70 bits per heavy atom. The molecular formula is C5H8LiNO3. The number of carboxylic acids is 1. The average molecular weight is 137 g/mol. The predicted octanol–water partition coefficient (Wildman–Crippen LogP) is -1.44. The van der Waals surface area contributed by atoms with E-state index in [-0.39, 0.29) is 37.7 Å². The van der Waals surface area contributed by atoms with Gasteiger partial charge in [-0.1, -0.05) is 0 Å². The fourth-order valence-corrected chi connectivity index (χ4v) is 0.780. The van der Waals surface area contributed by atoms with Gasteiger partial charge < -0.3 is 10.4 Å². The van der Waals surface area contributed by atoms with E-state index in [0.29, 0.717) is 0 Å². The summed E-state index contributed by atoms with van der Waals surface area (Å²) in [7, 11) is 0. The quantitative estimate of drug-likeness (QED) is 0.435. The van der Waals surface area contributed by atoms with Crippen LogP contribution in [-0.2, 0) is 9.59 Å². The van der Waals surface area contributed by atoms with E-state index in [4.69, 9.17) is 5.11 Å². The van der Waals surface area contributed by atoms with Crippen molar-refractivity contribution in [2.75, 3.05) is 6.54 Å². The zero-order valence-electron chi connectivity index (χ0n) is 4.76. The molecule has 0 aromatic heterocycles. The Hall–Kier alpha value is -0.463. The van der Waals surface area contributed by atoms with E-state index >= 15 is 0 Å². The number of nitrogens with one attached hydrogen (secondary N) is 1. The van der Waals surface area contributed by atoms with Crippen LogP contribution in [0, 0.1) is 5.92 Å². The van der Waals surface area contributed by atoms with Gasteiger partial charge in [0.15, 0.2) is 0 Å². The Labute approximate surface area is 70.2 Å². The summed E-state index contributed by atoms with van der Waals surface area (Å²) < 4.78 is 0. The zero-order chi connectivity index (χ0) is 6.85. The fourth-order valence-electron chi connectivity index (χ4n) is 0.780. The monoisotopic (exact) mass is 137 g/mol. The first-order valence-electron chi connectivity index (χ1n) is 2.69. The Balaban J connectivity index is 0.000000810. The molecule has 1 rings (SSSR count). The molecule has 5 heteroatoms. The fraction of sp³-hybridized carbons (Fsp3) is 0.600. The number of carbonyl (C=O) groups is 2. The SMILES string of the molecule is O=C1CC(C(=O)O)CN1.[LiH]. The van der Waals surface area contributed by atoms with E-state index in [1.54, 1.807) is 0 Å². The van der Waals surface area contributed by atoms with Crippen molar-refractivity contribution in [2.45, 2.75) is 6.42 Å². The van der Waals surface area contributed by atoms with Crippen LogP contribution in [-0.4, -0.2) is 42.4 Å². The van der Waals surface area contributed by atoms with Crippen LogP contribution in [0.3, 0.4) is 0 Å². The van der Waals surface area contributed by atoms with Crippen molar-refractivity contribution in [3.8, 4) is 0 Å². The summed E-state index contributed by atoms with van der Waals surface area (Å²) in [4.78, 5) is 20.5. The maximum atomic E-state index is 10.4. The second-order valence-corrected chi connectivity index (χ2v) is 2.04. The first-order chi connectivity index (χ1) is 4.20. The van der Waals surface area contributed by atoms with Gasteiger partial charge in [-0.2, -0.15) is 0 Å². The van der Waals surface area contributed by atoms with Crippen LogP contribution in [0.15, 0.2) is 0 Å². The topological polar surface area (TPSA) is 66.4 Å². The number of carboxylic acid groups (broad SMARTS) is 1. The van der Waals surface area contributed by atoms with Crippen LogP contribution in [0.4, 0.5) is 0 Å². The van der Waals surface area contributed by atoms with Crippen LogP contribution in [0.25, 0.3) is 0 Å². The number of carbonyl (C=O) groups excluding carboxylic acids is 1. The van der Waals surface area contributed by atoms with Gasteiger partial charge in [0.2, 0.25) is 5.91 Å². The summed E-state index contributed by atoms with van der Waals surface area (Å²) in [5.41, 5.74) is 0. The molecule has 4 nitrogen and oxygen atoms in total. The molecule has 1 heterocycles. The standard InChI is InChI=1S/C5H7NO3.Li.H/c7-4-1-3(2-6-4)5(8)9;;/h3H,1-2H2,(H,6,7)(H,8,9);;. The van der Waals surface area contributed by atoms with Crippen molar-refractivity contribution < 1.29 is 14.7 Å². The number of hydrogen-bond acceptors (Lipinski definition) is 2. The minimum atomic E-state index is -0.895. The van der Waals surface area contributed by atoms with Crippen LogP contribution in [0.2, 0.25) is 0 Å². The molecule has 0 radical (unpaired) electrons. The van der Waals surface area contributed by atoms with E-state index in [1.165, 1.54) is 0 Å². The van der Waals surface area contributed by atoms with E-state index < -0.39 is 11.9 Å². The van der Waals surface area contributed by atoms with Gasteiger partial charge in [-0.15, -0.1) is 0 Å². The summed E-state index contributed by atoms with van der Waals surface area (Å²) in [6.07, 6.45) is 0.134. The second-order valence-electron chi connectivity index (χ2n) is 2.04.